The molecule has 0 saturated carbocycles. The average Bonchev–Trinajstić information content (AvgIpc) is 2.80. The van der Waals surface area contributed by atoms with Gasteiger partial charge in [-0.2, -0.15) is 0 Å². The minimum atomic E-state index is -0.232. The Kier molecular flexibility index (Phi) is 6.53. The number of carbonyl (C=O) groups excluding carboxylic acids is 1. The zero-order valence-corrected chi connectivity index (χ0v) is 19.1. The summed E-state index contributed by atoms with van der Waals surface area (Å²) in [7, 11) is 1.66. The minimum Gasteiger partial charge on any atom is -0.497 e. The molecule has 2 aliphatic heterocycles. The normalized spacial score (nSPS) is 16.4. The summed E-state index contributed by atoms with van der Waals surface area (Å²) in [5.74, 6) is 2.91. The molecule has 1 amide bonds. The summed E-state index contributed by atoms with van der Waals surface area (Å²) < 4.78 is 16.6. The molecule has 9 heteroatoms. The molecule has 32 heavy (non-hydrogen) atoms. The number of aryl methyl sites for hydroxylation is 1. The van der Waals surface area contributed by atoms with Gasteiger partial charge in [-0.1, -0.05) is 0 Å². The van der Waals surface area contributed by atoms with Crippen molar-refractivity contribution in [3.05, 3.63) is 30.1 Å². The summed E-state index contributed by atoms with van der Waals surface area (Å²) in [5.41, 5.74) is 1.98. The van der Waals surface area contributed by atoms with Crippen molar-refractivity contribution in [2.75, 3.05) is 43.6 Å². The van der Waals surface area contributed by atoms with Crippen LogP contribution < -0.4 is 19.7 Å². The molecule has 0 bridgehead atoms. The van der Waals surface area contributed by atoms with Crippen molar-refractivity contribution in [2.45, 2.75) is 45.8 Å². The number of rotatable bonds is 5. The highest BCUT2D eigenvalue weighted by atomic mass is 16.6. The highest BCUT2D eigenvalue weighted by Gasteiger charge is 2.33. The van der Waals surface area contributed by atoms with Gasteiger partial charge in [0, 0.05) is 24.8 Å². The van der Waals surface area contributed by atoms with E-state index in [4.69, 9.17) is 14.2 Å². The molecule has 172 valence electrons. The first-order valence-corrected chi connectivity index (χ1v) is 11.1. The van der Waals surface area contributed by atoms with E-state index in [0.717, 1.165) is 42.2 Å². The van der Waals surface area contributed by atoms with Gasteiger partial charge < -0.3 is 29.3 Å². The first kappa shape index (κ1) is 22.0. The fraction of sp³-hybridized carbons (Fsp3) is 0.522. The van der Waals surface area contributed by atoms with Crippen molar-refractivity contribution >= 4 is 23.4 Å². The van der Waals surface area contributed by atoms with Crippen LogP contribution in [0.4, 0.5) is 22.1 Å². The lowest BCUT2D eigenvalue weighted by atomic mass is 10.0. The lowest BCUT2D eigenvalue weighted by Crippen LogP contribution is -2.49. The molecule has 1 aromatic carbocycles. The Labute approximate surface area is 188 Å². The zero-order chi connectivity index (χ0) is 22.7. The topological polar surface area (TPSA) is 89.0 Å². The largest absolute Gasteiger partial charge is 0.497 e. The smallest absolute Gasteiger partial charge is 0.410 e. The Hall–Kier alpha value is -3.23. The Morgan fingerprint density at radius 2 is 2.00 bits per heavy atom. The fourth-order valence-electron chi connectivity index (χ4n) is 4.17. The first-order valence-electron chi connectivity index (χ1n) is 11.1. The SMILES string of the molecule is COc1ccc(Nc2ncnc3c2OCCN3C2CCN(C(=O)OC(C)C)CC2)c(C)c1. The molecule has 2 aliphatic rings. The molecule has 2 aromatic rings. The lowest BCUT2D eigenvalue weighted by Gasteiger charge is -2.41. The molecule has 4 rings (SSSR count). The summed E-state index contributed by atoms with van der Waals surface area (Å²) in [4.78, 5) is 25.3. The molecule has 0 atom stereocenters. The highest BCUT2D eigenvalue weighted by molar-refractivity contribution is 5.72. The quantitative estimate of drug-likeness (QED) is 0.751. The van der Waals surface area contributed by atoms with E-state index in [2.05, 4.69) is 20.2 Å². The second-order valence-corrected chi connectivity index (χ2v) is 8.37. The predicted octanol–water partition coefficient (Wildman–Crippen LogP) is 3.75. The van der Waals surface area contributed by atoms with Crippen LogP contribution in [-0.4, -0.2) is 66.5 Å². The number of hydrogen-bond acceptors (Lipinski definition) is 8. The molecule has 0 unspecified atom stereocenters. The van der Waals surface area contributed by atoms with E-state index < -0.39 is 0 Å². The summed E-state index contributed by atoms with van der Waals surface area (Å²) in [6, 6.07) is 6.14. The van der Waals surface area contributed by atoms with Crippen LogP contribution in [0.15, 0.2) is 24.5 Å². The second kappa shape index (κ2) is 9.50. The Morgan fingerprint density at radius 3 is 2.69 bits per heavy atom. The summed E-state index contributed by atoms with van der Waals surface area (Å²) in [6.07, 6.45) is 2.94. The van der Waals surface area contributed by atoms with Crippen molar-refractivity contribution < 1.29 is 19.0 Å². The summed E-state index contributed by atoms with van der Waals surface area (Å²) >= 11 is 0. The van der Waals surface area contributed by atoms with E-state index >= 15 is 0 Å². The number of carbonyl (C=O) groups is 1. The van der Waals surface area contributed by atoms with Crippen LogP contribution in [0.5, 0.6) is 11.5 Å². The van der Waals surface area contributed by atoms with Crippen molar-refractivity contribution in [1.82, 2.24) is 14.9 Å². The Bertz CT molecular complexity index is 959. The monoisotopic (exact) mass is 441 g/mol. The number of hydrogen-bond donors (Lipinski definition) is 1. The maximum absolute atomic E-state index is 12.2. The molecular formula is C23H31N5O4. The van der Waals surface area contributed by atoms with Gasteiger partial charge in [0.2, 0.25) is 5.75 Å². The first-order chi connectivity index (χ1) is 15.5. The van der Waals surface area contributed by atoms with Crippen LogP contribution in [0.25, 0.3) is 0 Å². The van der Waals surface area contributed by atoms with Crippen LogP contribution >= 0.6 is 0 Å². The van der Waals surface area contributed by atoms with Gasteiger partial charge >= 0.3 is 6.09 Å². The van der Waals surface area contributed by atoms with E-state index in [1.54, 1.807) is 18.3 Å². The van der Waals surface area contributed by atoms with Gasteiger partial charge in [0.15, 0.2) is 11.6 Å². The number of amides is 1. The molecule has 9 nitrogen and oxygen atoms in total. The van der Waals surface area contributed by atoms with Crippen molar-refractivity contribution in [3.8, 4) is 11.5 Å². The Morgan fingerprint density at radius 1 is 1.22 bits per heavy atom. The number of fused-ring (bicyclic) bond motifs is 1. The van der Waals surface area contributed by atoms with Crippen LogP contribution in [0.2, 0.25) is 0 Å². The van der Waals surface area contributed by atoms with E-state index in [-0.39, 0.29) is 18.2 Å². The van der Waals surface area contributed by atoms with Crippen molar-refractivity contribution in [1.29, 1.82) is 0 Å². The van der Waals surface area contributed by atoms with Crippen molar-refractivity contribution in [3.63, 3.8) is 0 Å². The number of nitrogens with one attached hydrogen (secondary N) is 1. The molecule has 1 saturated heterocycles. The molecule has 0 spiro atoms. The molecule has 1 aromatic heterocycles. The van der Waals surface area contributed by atoms with Crippen LogP contribution in [0.3, 0.4) is 0 Å². The molecule has 1 fully saturated rings. The number of likely N-dealkylation sites (tertiary alicyclic amines) is 1. The summed E-state index contributed by atoms with van der Waals surface area (Å²) in [6.45, 7) is 8.42. The number of piperidine rings is 1. The summed E-state index contributed by atoms with van der Waals surface area (Å²) in [5, 5.41) is 3.39. The molecule has 3 heterocycles. The third-order valence-corrected chi connectivity index (χ3v) is 5.82. The molecule has 0 aliphatic carbocycles. The number of methoxy groups -OCH3 is 1. The van der Waals surface area contributed by atoms with Crippen LogP contribution in [0.1, 0.15) is 32.3 Å². The molecule has 1 N–H and O–H groups in total. The second-order valence-electron chi connectivity index (χ2n) is 8.37. The average molecular weight is 442 g/mol. The van der Waals surface area contributed by atoms with E-state index in [1.807, 2.05) is 39.0 Å². The van der Waals surface area contributed by atoms with Crippen LogP contribution in [0, 0.1) is 6.92 Å². The predicted molar refractivity (Wildman–Crippen MR) is 122 cm³/mol. The van der Waals surface area contributed by atoms with Gasteiger partial charge in [-0.3, -0.25) is 0 Å². The maximum atomic E-state index is 12.2. The molecule has 0 radical (unpaired) electrons. The number of ether oxygens (including phenoxy) is 3. The standard InChI is InChI=1S/C23H31N5O4/c1-15(2)32-23(29)27-9-7-17(8-10-27)28-11-12-31-20-21(24-14-25-22(20)28)26-19-6-5-18(30-4)13-16(19)3/h5-6,13-15,17H,7-12H2,1-4H3,(H,24,25,26). The van der Waals surface area contributed by atoms with Gasteiger partial charge in [0.25, 0.3) is 0 Å². The van der Waals surface area contributed by atoms with E-state index in [0.29, 0.717) is 31.3 Å². The molecular weight excluding hydrogens is 410 g/mol. The zero-order valence-electron chi connectivity index (χ0n) is 19.1. The van der Waals surface area contributed by atoms with Gasteiger partial charge in [-0.25, -0.2) is 14.8 Å². The van der Waals surface area contributed by atoms with Gasteiger partial charge in [-0.15, -0.1) is 0 Å². The van der Waals surface area contributed by atoms with Gasteiger partial charge in [-0.05, 0) is 57.4 Å². The lowest BCUT2D eigenvalue weighted by molar-refractivity contribution is 0.0687. The number of aromatic nitrogens is 2. The third kappa shape index (κ3) is 4.66. The number of benzene rings is 1. The minimum absolute atomic E-state index is 0.108. The van der Waals surface area contributed by atoms with E-state index in [9.17, 15) is 4.79 Å². The van der Waals surface area contributed by atoms with Gasteiger partial charge in [0.05, 0.1) is 19.8 Å². The van der Waals surface area contributed by atoms with E-state index in [1.165, 1.54) is 0 Å². The fourth-order valence-corrected chi connectivity index (χ4v) is 4.17. The number of anilines is 3. The third-order valence-electron chi connectivity index (χ3n) is 5.82. The Balaban J connectivity index is 1.49. The van der Waals surface area contributed by atoms with Gasteiger partial charge in [0.1, 0.15) is 18.7 Å². The maximum Gasteiger partial charge on any atom is 0.410 e. The van der Waals surface area contributed by atoms with Crippen molar-refractivity contribution in [2.24, 2.45) is 0 Å². The number of nitrogens with zero attached hydrogens (tertiary/aromatic N) is 4. The highest BCUT2D eigenvalue weighted by Crippen LogP contribution is 2.39. The van der Waals surface area contributed by atoms with Crippen LogP contribution in [-0.2, 0) is 4.74 Å².